The molecule has 0 N–H and O–H groups in total. The maximum absolute atomic E-state index is 11.1. The number of esters is 1. The summed E-state index contributed by atoms with van der Waals surface area (Å²) in [7, 11) is 0. The fourth-order valence-electron chi connectivity index (χ4n) is 1.80. The highest BCUT2D eigenvalue weighted by Gasteiger charge is 2.01. The van der Waals surface area contributed by atoms with Gasteiger partial charge in [0, 0.05) is 5.57 Å². The Labute approximate surface area is 113 Å². The van der Waals surface area contributed by atoms with Crippen molar-refractivity contribution < 1.29 is 9.53 Å². The average Bonchev–Trinajstić information content (AvgIpc) is 2.35. The van der Waals surface area contributed by atoms with Crippen LogP contribution in [-0.4, -0.2) is 12.6 Å². The van der Waals surface area contributed by atoms with E-state index in [1.165, 1.54) is 44.9 Å². The van der Waals surface area contributed by atoms with Crippen molar-refractivity contribution in [2.45, 2.75) is 71.1 Å². The monoisotopic (exact) mass is 253 g/mol. The molecule has 105 valence electrons. The largest absolute Gasteiger partial charge is 0.462 e. The summed E-state index contributed by atoms with van der Waals surface area (Å²) in [5.74, 6) is -0.264. The minimum atomic E-state index is -0.264. The van der Waals surface area contributed by atoms with Gasteiger partial charge in [-0.25, -0.2) is 4.79 Å². The van der Waals surface area contributed by atoms with Gasteiger partial charge in [0.15, 0.2) is 0 Å². The molecule has 18 heavy (non-hydrogen) atoms. The number of hydrogen-bond acceptors (Lipinski definition) is 2. The van der Waals surface area contributed by atoms with Gasteiger partial charge in [-0.05, 0) is 13.3 Å². The highest BCUT2D eigenvalue weighted by atomic mass is 16.5. The summed E-state index contributed by atoms with van der Waals surface area (Å²) in [6.07, 6.45) is 12.4. The minimum absolute atomic E-state index is 0.264. The van der Waals surface area contributed by atoms with Gasteiger partial charge in [0.1, 0.15) is 0 Å². The van der Waals surface area contributed by atoms with Crippen molar-refractivity contribution >= 4 is 5.97 Å². The van der Waals surface area contributed by atoms with Gasteiger partial charge >= 0.3 is 5.97 Å². The maximum Gasteiger partial charge on any atom is 0.333 e. The van der Waals surface area contributed by atoms with Gasteiger partial charge in [-0.2, -0.15) is 0 Å². The van der Waals surface area contributed by atoms with Crippen LogP contribution in [0.25, 0.3) is 0 Å². The number of carbonyl (C=O) groups is 1. The van der Waals surface area contributed by atoms with E-state index in [9.17, 15) is 4.79 Å². The third kappa shape index (κ3) is 11.7. The molecule has 0 saturated heterocycles. The van der Waals surface area contributed by atoms with E-state index in [0.717, 1.165) is 19.3 Å². The molecule has 0 rings (SSSR count). The Morgan fingerprint density at radius 3 is 1.78 bits per heavy atom. The molecule has 0 bridgehead atoms. The molecule has 1 radical (unpaired) electrons. The summed E-state index contributed by atoms with van der Waals surface area (Å²) in [4.78, 5) is 11.1. The van der Waals surface area contributed by atoms with E-state index in [-0.39, 0.29) is 5.97 Å². The lowest BCUT2D eigenvalue weighted by Gasteiger charge is -2.04. The normalized spacial score (nSPS) is 10.3. The Balaban J connectivity index is 3.07. The van der Waals surface area contributed by atoms with Gasteiger partial charge < -0.3 is 4.74 Å². The zero-order valence-corrected chi connectivity index (χ0v) is 12.0. The summed E-state index contributed by atoms with van der Waals surface area (Å²) in [6, 6.07) is 0. The lowest BCUT2D eigenvalue weighted by molar-refractivity contribution is -0.139. The van der Waals surface area contributed by atoms with Crippen LogP contribution in [0.4, 0.5) is 0 Å². The van der Waals surface area contributed by atoms with Crippen LogP contribution in [0.5, 0.6) is 0 Å². The molecule has 0 heterocycles. The molecule has 0 aromatic rings. The smallest absolute Gasteiger partial charge is 0.333 e. The second-order valence-corrected chi connectivity index (χ2v) is 4.95. The van der Waals surface area contributed by atoms with E-state index >= 15 is 0 Å². The Kier molecular flexibility index (Phi) is 12.1. The number of carbonyl (C=O) groups excluding carboxylic acids is 1. The molecule has 0 aromatic carbocycles. The van der Waals surface area contributed by atoms with Crippen molar-refractivity contribution in [1.29, 1.82) is 0 Å². The van der Waals surface area contributed by atoms with Crippen molar-refractivity contribution in [3.8, 4) is 0 Å². The predicted molar refractivity (Wildman–Crippen MR) is 77.3 cm³/mol. The zero-order chi connectivity index (χ0) is 13.6. The van der Waals surface area contributed by atoms with Gasteiger partial charge in [0.05, 0.1) is 6.61 Å². The molecular weight excluding hydrogens is 224 g/mol. The van der Waals surface area contributed by atoms with Crippen LogP contribution in [0.2, 0.25) is 0 Å². The van der Waals surface area contributed by atoms with E-state index in [1.54, 1.807) is 6.92 Å². The second kappa shape index (κ2) is 12.7. The topological polar surface area (TPSA) is 26.3 Å². The Morgan fingerprint density at radius 1 is 0.889 bits per heavy atom. The summed E-state index contributed by atoms with van der Waals surface area (Å²) in [6.45, 7) is 9.60. The third-order valence-electron chi connectivity index (χ3n) is 2.98. The van der Waals surface area contributed by atoms with Crippen LogP contribution in [-0.2, 0) is 9.53 Å². The molecule has 0 unspecified atom stereocenters. The molecule has 0 fully saturated rings. The Bertz CT molecular complexity index is 221. The van der Waals surface area contributed by atoms with Gasteiger partial charge in [-0.1, -0.05) is 71.3 Å². The zero-order valence-electron chi connectivity index (χ0n) is 12.0. The Hall–Kier alpha value is -0.790. The molecule has 0 atom stereocenters. The molecule has 0 aliphatic carbocycles. The Morgan fingerprint density at radius 2 is 1.33 bits per heavy atom. The summed E-state index contributed by atoms with van der Waals surface area (Å²) < 4.78 is 5.03. The summed E-state index contributed by atoms with van der Waals surface area (Å²) >= 11 is 0. The highest BCUT2D eigenvalue weighted by Crippen LogP contribution is 2.10. The fraction of sp³-hybridized carbons (Fsp3) is 0.750. The first kappa shape index (κ1) is 17.2. The molecule has 0 amide bonds. The van der Waals surface area contributed by atoms with Gasteiger partial charge in [-0.3, -0.25) is 0 Å². The molecule has 0 aliphatic rings. The van der Waals surface area contributed by atoms with Crippen LogP contribution < -0.4 is 0 Å². The van der Waals surface area contributed by atoms with Crippen molar-refractivity contribution in [1.82, 2.24) is 0 Å². The summed E-state index contributed by atoms with van der Waals surface area (Å²) in [5, 5.41) is 0. The standard InChI is InChI=1S/C16H29O2/c1-4-5-6-7-8-9-10-11-12-13-14-18-16(17)15(2)3/h1-2,4-14H2,3H3. The quantitative estimate of drug-likeness (QED) is 0.282. The number of hydrogen-bond donors (Lipinski definition) is 0. The van der Waals surface area contributed by atoms with E-state index in [4.69, 9.17) is 4.74 Å². The van der Waals surface area contributed by atoms with Crippen LogP contribution >= 0.6 is 0 Å². The van der Waals surface area contributed by atoms with Crippen LogP contribution in [0.3, 0.4) is 0 Å². The number of ether oxygens (including phenoxy) is 1. The summed E-state index contributed by atoms with van der Waals surface area (Å²) in [5.41, 5.74) is 0.484. The van der Waals surface area contributed by atoms with Crippen molar-refractivity contribution in [2.75, 3.05) is 6.61 Å². The second-order valence-electron chi connectivity index (χ2n) is 4.95. The maximum atomic E-state index is 11.1. The van der Waals surface area contributed by atoms with Crippen molar-refractivity contribution in [3.05, 3.63) is 19.1 Å². The SMILES string of the molecule is [CH2]CCCCCCCCCCCOC(=O)C(=C)C. The number of rotatable bonds is 12. The van der Waals surface area contributed by atoms with E-state index in [0.29, 0.717) is 12.2 Å². The van der Waals surface area contributed by atoms with Crippen LogP contribution in [0.1, 0.15) is 71.1 Å². The average molecular weight is 253 g/mol. The molecular formula is C16H29O2. The highest BCUT2D eigenvalue weighted by molar-refractivity contribution is 5.86. The van der Waals surface area contributed by atoms with E-state index in [1.807, 2.05) is 0 Å². The van der Waals surface area contributed by atoms with Gasteiger partial charge in [-0.15, -0.1) is 0 Å². The van der Waals surface area contributed by atoms with Crippen molar-refractivity contribution in [2.24, 2.45) is 0 Å². The molecule has 2 heteroatoms. The molecule has 0 spiro atoms. The van der Waals surface area contributed by atoms with Gasteiger partial charge in [0.2, 0.25) is 0 Å². The van der Waals surface area contributed by atoms with Crippen LogP contribution in [0.15, 0.2) is 12.2 Å². The third-order valence-corrected chi connectivity index (χ3v) is 2.98. The van der Waals surface area contributed by atoms with E-state index < -0.39 is 0 Å². The predicted octanol–water partition coefficient (Wildman–Crippen LogP) is 4.84. The molecule has 0 saturated carbocycles. The number of unbranched alkanes of at least 4 members (excludes halogenated alkanes) is 9. The lowest BCUT2D eigenvalue weighted by Crippen LogP contribution is -2.05. The van der Waals surface area contributed by atoms with Gasteiger partial charge in [0.25, 0.3) is 0 Å². The lowest BCUT2D eigenvalue weighted by atomic mass is 10.1. The first-order valence-electron chi connectivity index (χ1n) is 7.30. The minimum Gasteiger partial charge on any atom is -0.462 e. The first-order chi connectivity index (χ1) is 8.68. The molecule has 0 aliphatic heterocycles. The van der Waals surface area contributed by atoms with E-state index in [2.05, 4.69) is 13.5 Å². The molecule has 0 aromatic heterocycles. The fourth-order valence-corrected chi connectivity index (χ4v) is 1.80. The van der Waals surface area contributed by atoms with Crippen LogP contribution in [0, 0.1) is 6.92 Å². The first-order valence-corrected chi connectivity index (χ1v) is 7.30. The molecule has 2 nitrogen and oxygen atoms in total. The van der Waals surface area contributed by atoms with Crippen molar-refractivity contribution in [3.63, 3.8) is 0 Å².